The summed E-state index contributed by atoms with van der Waals surface area (Å²) in [4.78, 5) is 0. The smallest absolute Gasteiger partial charge is 0.0650 e. The molecule has 1 N–H and O–H groups in total. The van der Waals surface area contributed by atoms with Gasteiger partial charge >= 0.3 is 0 Å². The molecular weight excluding hydrogens is 220 g/mol. The summed E-state index contributed by atoms with van der Waals surface area (Å²) in [5.41, 5.74) is 1.03. The van der Waals surface area contributed by atoms with Gasteiger partial charge in [0, 0.05) is 0 Å². The average Bonchev–Trinajstić information content (AvgIpc) is 2.40. The first-order valence-corrected chi connectivity index (χ1v) is 7.48. The minimum Gasteiger partial charge on any atom is -0.390 e. The largest absolute Gasteiger partial charge is 0.390 e. The van der Waals surface area contributed by atoms with Crippen molar-refractivity contribution in [3.05, 3.63) is 35.9 Å². The molecule has 1 saturated carbocycles. The van der Waals surface area contributed by atoms with E-state index in [9.17, 15) is 5.11 Å². The molecule has 1 fully saturated rings. The van der Waals surface area contributed by atoms with Gasteiger partial charge in [-0.1, -0.05) is 56.5 Å². The maximum Gasteiger partial charge on any atom is 0.0650 e. The third kappa shape index (κ3) is 3.84. The number of aliphatic hydroxyl groups is 1. The SMILES string of the molecule is CCC1CCCC(O)(CCCc2ccccc2)C1. The molecule has 1 aliphatic rings. The van der Waals surface area contributed by atoms with Gasteiger partial charge in [0.2, 0.25) is 0 Å². The van der Waals surface area contributed by atoms with Crippen molar-refractivity contribution in [1.82, 2.24) is 0 Å². The number of benzene rings is 1. The molecule has 1 aromatic rings. The highest BCUT2D eigenvalue weighted by atomic mass is 16.3. The molecule has 100 valence electrons. The molecule has 1 aliphatic carbocycles. The predicted molar refractivity (Wildman–Crippen MR) is 76.6 cm³/mol. The Balaban J connectivity index is 1.78. The van der Waals surface area contributed by atoms with E-state index < -0.39 is 0 Å². The maximum atomic E-state index is 10.7. The number of hydrogen-bond donors (Lipinski definition) is 1. The van der Waals surface area contributed by atoms with Crippen molar-refractivity contribution in [3.63, 3.8) is 0 Å². The molecule has 0 bridgehead atoms. The predicted octanol–water partition coefficient (Wildman–Crippen LogP) is 4.34. The Morgan fingerprint density at radius 3 is 2.78 bits per heavy atom. The van der Waals surface area contributed by atoms with Crippen molar-refractivity contribution in [2.24, 2.45) is 5.92 Å². The molecule has 2 atom stereocenters. The van der Waals surface area contributed by atoms with Crippen LogP contribution in [0.3, 0.4) is 0 Å². The Kier molecular flexibility index (Phi) is 4.82. The van der Waals surface area contributed by atoms with Crippen LogP contribution < -0.4 is 0 Å². The quantitative estimate of drug-likeness (QED) is 0.819. The highest BCUT2D eigenvalue weighted by Crippen LogP contribution is 2.37. The molecule has 2 unspecified atom stereocenters. The Bertz CT molecular complexity index is 346. The van der Waals surface area contributed by atoms with Crippen LogP contribution in [0.15, 0.2) is 30.3 Å². The minimum atomic E-state index is -0.367. The summed E-state index contributed by atoms with van der Waals surface area (Å²) >= 11 is 0. The second kappa shape index (κ2) is 6.38. The summed E-state index contributed by atoms with van der Waals surface area (Å²) in [6.07, 6.45) is 8.96. The molecule has 0 saturated heterocycles. The molecule has 0 amide bonds. The Labute approximate surface area is 111 Å². The minimum absolute atomic E-state index is 0.367. The lowest BCUT2D eigenvalue weighted by Crippen LogP contribution is -2.35. The van der Waals surface area contributed by atoms with E-state index in [0.29, 0.717) is 0 Å². The molecule has 0 heterocycles. The van der Waals surface area contributed by atoms with E-state index >= 15 is 0 Å². The second-order valence-electron chi connectivity index (χ2n) is 5.93. The van der Waals surface area contributed by atoms with E-state index in [1.54, 1.807) is 0 Å². The van der Waals surface area contributed by atoms with Gasteiger partial charge in [-0.2, -0.15) is 0 Å². The third-order valence-corrected chi connectivity index (χ3v) is 4.45. The van der Waals surface area contributed by atoms with E-state index in [2.05, 4.69) is 37.3 Å². The standard InChI is InChI=1S/C17H26O/c1-2-15-10-6-12-17(18,14-15)13-7-11-16-8-4-3-5-9-16/h3-5,8-9,15,18H,2,6-7,10-14H2,1H3. The fourth-order valence-corrected chi connectivity index (χ4v) is 3.30. The van der Waals surface area contributed by atoms with Crippen LogP contribution in [0.1, 0.15) is 57.4 Å². The van der Waals surface area contributed by atoms with Gasteiger partial charge in [0.1, 0.15) is 0 Å². The van der Waals surface area contributed by atoms with Gasteiger partial charge in [0.05, 0.1) is 5.60 Å². The van der Waals surface area contributed by atoms with Crippen molar-refractivity contribution >= 4 is 0 Å². The number of rotatable bonds is 5. The van der Waals surface area contributed by atoms with Crippen molar-refractivity contribution in [2.75, 3.05) is 0 Å². The van der Waals surface area contributed by atoms with Crippen molar-refractivity contribution in [1.29, 1.82) is 0 Å². The van der Waals surface area contributed by atoms with E-state index in [0.717, 1.165) is 38.0 Å². The fraction of sp³-hybridized carbons (Fsp3) is 0.647. The first-order valence-electron chi connectivity index (χ1n) is 7.48. The van der Waals surface area contributed by atoms with E-state index in [-0.39, 0.29) is 5.60 Å². The highest BCUT2D eigenvalue weighted by molar-refractivity contribution is 5.14. The van der Waals surface area contributed by atoms with Gasteiger partial charge < -0.3 is 5.11 Å². The van der Waals surface area contributed by atoms with Crippen LogP contribution in [0.4, 0.5) is 0 Å². The van der Waals surface area contributed by atoms with Crippen LogP contribution in [-0.2, 0) is 6.42 Å². The summed E-state index contributed by atoms with van der Waals surface area (Å²) < 4.78 is 0. The summed E-state index contributed by atoms with van der Waals surface area (Å²) in [7, 11) is 0. The van der Waals surface area contributed by atoms with Crippen LogP contribution in [0, 0.1) is 5.92 Å². The normalized spacial score (nSPS) is 28.2. The average molecular weight is 246 g/mol. The van der Waals surface area contributed by atoms with Crippen LogP contribution in [0.25, 0.3) is 0 Å². The molecule has 1 nitrogen and oxygen atoms in total. The fourth-order valence-electron chi connectivity index (χ4n) is 3.30. The van der Waals surface area contributed by atoms with Crippen LogP contribution in [-0.4, -0.2) is 10.7 Å². The molecule has 1 heteroatoms. The number of hydrogen-bond acceptors (Lipinski definition) is 1. The van der Waals surface area contributed by atoms with Crippen molar-refractivity contribution in [3.8, 4) is 0 Å². The zero-order valence-corrected chi connectivity index (χ0v) is 11.6. The third-order valence-electron chi connectivity index (χ3n) is 4.45. The van der Waals surface area contributed by atoms with E-state index in [4.69, 9.17) is 0 Å². The molecule has 18 heavy (non-hydrogen) atoms. The molecule has 2 rings (SSSR count). The number of aryl methyl sites for hydroxylation is 1. The maximum absolute atomic E-state index is 10.7. The van der Waals surface area contributed by atoms with E-state index in [1.807, 2.05) is 0 Å². The van der Waals surface area contributed by atoms with Gasteiger partial charge in [-0.3, -0.25) is 0 Å². The Morgan fingerprint density at radius 1 is 1.28 bits per heavy atom. The summed E-state index contributed by atoms with van der Waals surface area (Å²) in [5, 5.41) is 10.7. The van der Waals surface area contributed by atoms with Gasteiger partial charge in [0.15, 0.2) is 0 Å². The van der Waals surface area contributed by atoms with Crippen LogP contribution in [0.5, 0.6) is 0 Å². The van der Waals surface area contributed by atoms with Gasteiger partial charge in [0.25, 0.3) is 0 Å². The zero-order valence-electron chi connectivity index (χ0n) is 11.6. The highest BCUT2D eigenvalue weighted by Gasteiger charge is 2.32. The molecule has 0 spiro atoms. The lowest BCUT2D eigenvalue weighted by molar-refractivity contribution is -0.0250. The second-order valence-corrected chi connectivity index (χ2v) is 5.93. The summed E-state index contributed by atoms with van der Waals surface area (Å²) in [5.74, 6) is 0.750. The zero-order chi connectivity index (χ0) is 12.8. The van der Waals surface area contributed by atoms with E-state index in [1.165, 1.54) is 24.8 Å². The Morgan fingerprint density at radius 2 is 2.06 bits per heavy atom. The lowest BCUT2D eigenvalue weighted by atomic mass is 9.74. The van der Waals surface area contributed by atoms with Crippen LogP contribution >= 0.6 is 0 Å². The molecule has 0 aromatic heterocycles. The molecule has 0 aliphatic heterocycles. The van der Waals surface area contributed by atoms with Gasteiger partial charge in [-0.15, -0.1) is 0 Å². The van der Waals surface area contributed by atoms with Crippen molar-refractivity contribution < 1.29 is 5.11 Å². The molecule has 0 radical (unpaired) electrons. The van der Waals surface area contributed by atoms with Crippen LogP contribution in [0.2, 0.25) is 0 Å². The lowest BCUT2D eigenvalue weighted by Gasteiger charge is -2.36. The first-order chi connectivity index (χ1) is 8.72. The molecular formula is C17H26O. The van der Waals surface area contributed by atoms with Crippen molar-refractivity contribution in [2.45, 2.75) is 63.9 Å². The summed E-state index contributed by atoms with van der Waals surface area (Å²) in [6, 6.07) is 10.6. The first kappa shape index (κ1) is 13.6. The molecule has 1 aromatic carbocycles. The monoisotopic (exact) mass is 246 g/mol. The Hall–Kier alpha value is -0.820. The van der Waals surface area contributed by atoms with Gasteiger partial charge in [-0.05, 0) is 43.6 Å². The van der Waals surface area contributed by atoms with Gasteiger partial charge in [-0.25, -0.2) is 0 Å². The topological polar surface area (TPSA) is 20.2 Å². The summed E-state index contributed by atoms with van der Waals surface area (Å²) in [6.45, 7) is 2.25.